The summed E-state index contributed by atoms with van der Waals surface area (Å²) in [6.45, 7) is 11.5. The maximum atomic E-state index is 12.8. The molecule has 0 aliphatic carbocycles. The van der Waals surface area contributed by atoms with Crippen molar-refractivity contribution in [2.45, 2.75) is 58.5 Å². The second-order valence-electron chi connectivity index (χ2n) is 8.40. The minimum atomic E-state index is -0.284. The first-order valence-corrected chi connectivity index (χ1v) is 10.5. The van der Waals surface area contributed by atoms with Gasteiger partial charge in [0, 0.05) is 38.5 Å². The van der Waals surface area contributed by atoms with Crippen LogP contribution >= 0.6 is 0 Å². The molecule has 3 amide bonds. The van der Waals surface area contributed by atoms with Crippen molar-refractivity contribution in [2.24, 2.45) is 0 Å². The van der Waals surface area contributed by atoms with Crippen molar-refractivity contribution >= 4 is 17.6 Å². The molecule has 1 unspecified atom stereocenters. The van der Waals surface area contributed by atoms with Crippen LogP contribution in [0.15, 0.2) is 18.2 Å². The molecule has 2 aliphatic rings. The molecule has 6 heteroatoms. The fourth-order valence-electron chi connectivity index (χ4n) is 3.83. The highest BCUT2D eigenvalue weighted by Gasteiger charge is 2.31. The summed E-state index contributed by atoms with van der Waals surface area (Å²) in [7, 11) is 0. The van der Waals surface area contributed by atoms with E-state index in [2.05, 4.69) is 45.1 Å². The zero-order valence-corrected chi connectivity index (χ0v) is 17.5. The summed E-state index contributed by atoms with van der Waals surface area (Å²) in [4.78, 5) is 28.9. The van der Waals surface area contributed by atoms with Gasteiger partial charge in [-0.25, -0.2) is 4.79 Å². The van der Waals surface area contributed by atoms with Crippen LogP contribution in [-0.4, -0.2) is 60.6 Å². The molecule has 3 rings (SSSR count). The van der Waals surface area contributed by atoms with Crippen LogP contribution in [0.4, 0.5) is 10.5 Å². The molecule has 2 saturated heterocycles. The first-order chi connectivity index (χ1) is 13.4. The molecule has 1 atom stereocenters. The Kier molecular flexibility index (Phi) is 6.60. The van der Waals surface area contributed by atoms with Gasteiger partial charge in [0.15, 0.2) is 0 Å². The summed E-state index contributed by atoms with van der Waals surface area (Å²) >= 11 is 0. The van der Waals surface area contributed by atoms with Gasteiger partial charge in [0.05, 0.1) is 0 Å². The van der Waals surface area contributed by atoms with E-state index in [1.165, 1.54) is 5.56 Å². The summed E-state index contributed by atoms with van der Waals surface area (Å²) in [6.07, 6.45) is 1.48. The standard InChI is InChI=1S/C22H33N3O3/c1-15(2)17-7-8-19(18(14-17)16(3)4)23-22(27)25-11-9-24(10-12-25)21(26)20-6-5-13-28-20/h7-8,14-16,20H,5-6,9-13H2,1-4H3,(H,23,27). The highest BCUT2D eigenvalue weighted by Crippen LogP contribution is 2.28. The lowest BCUT2D eigenvalue weighted by atomic mass is 9.94. The van der Waals surface area contributed by atoms with E-state index >= 15 is 0 Å². The van der Waals surface area contributed by atoms with Crippen LogP contribution in [0.25, 0.3) is 0 Å². The zero-order valence-electron chi connectivity index (χ0n) is 17.5. The van der Waals surface area contributed by atoms with Crippen molar-refractivity contribution in [3.8, 4) is 0 Å². The largest absolute Gasteiger partial charge is 0.368 e. The minimum absolute atomic E-state index is 0.0731. The Labute approximate surface area is 168 Å². The molecular formula is C22H33N3O3. The van der Waals surface area contributed by atoms with E-state index < -0.39 is 0 Å². The van der Waals surface area contributed by atoms with E-state index in [0.717, 1.165) is 24.1 Å². The Morgan fingerprint density at radius 2 is 1.71 bits per heavy atom. The number of anilines is 1. The number of nitrogens with zero attached hydrogens (tertiary/aromatic N) is 2. The van der Waals surface area contributed by atoms with Gasteiger partial charge in [-0.05, 0) is 41.9 Å². The van der Waals surface area contributed by atoms with E-state index in [0.29, 0.717) is 44.6 Å². The number of benzene rings is 1. The maximum Gasteiger partial charge on any atom is 0.321 e. The smallest absolute Gasteiger partial charge is 0.321 e. The van der Waals surface area contributed by atoms with E-state index in [9.17, 15) is 9.59 Å². The molecule has 154 valence electrons. The molecule has 1 aromatic carbocycles. The molecular weight excluding hydrogens is 354 g/mol. The summed E-state index contributed by atoms with van der Waals surface area (Å²) in [5, 5.41) is 3.09. The lowest BCUT2D eigenvalue weighted by Crippen LogP contribution is -2.53. The first kappa shape index (κ1) is 20.6. The number of urea groups is 1. The van der Waals surface area contributed by atoms with Crippen LogP contribution in [0.1, 0.15) is 63.5 Å². The fourth-order valence-corrected chi connectivity index (χ4v) is 3.83. The quantitative estimate of drug-likeness (QED) is 0.855. The Morgan fingerprint density at radius 3 is 2.29 bits per heavy atom. The SMILES string of the molecule is CC(C)c1ccc(NC(=O)N2CCN(C(=O)C3CCCO3)CC2)c(C(C)C)c1. The average molecular weight is 388 g/mol. The zero-order chi connectivity index (χ0) is 20.3. The molecule has 0 bridgehead atoms. The van der Waals surface area contributed by atoms with Crippen molar-refractivity contribution in [1.29, 1.82) is 0 Å². The first-order valence-electron chi connectivity index (χ1n) is 10.5. The number of ether oxygens (including phenoxy) is 1. The third kappa shape index (κ3) is 4.66. The molecule has 6 nitrogen and oxygen atoms in total. The molecule has 1 N–H and O–H groups in total. The number of carbonyl (C=O) groups is 2. The number of hydrogen-bond donors (Lipinski definition) is 1. The molecule has 0 aromatic heterocycles. The normalized spacial score (nSPS) is 20.1. The molecule has 0 radical (unpaired) electrons. The van der Waals surface area contributed by atoms with Crippen molar-refractivity contribution in [3.63, 3.8) is 0 Å². The van der Waals surface area contributed by atoms with Crippen molar-refractivity contribution in [3.05, 3.63) is 29.3 Å². The Hall–Kier alpha value is -2.08. The van der Waals surface area contributed by atoms with Gasteiger partial charge in [-0.15, -0.1) is 0 Å². The topological polar surface area (TPSA) is 61.9 Å². The van der Waals surface area contributed by atoms with Gasteiger partial charge in [0.2, 0.25) is 0 Å². The fraction of sp³-hybridized carbons (Fsp3) is 0.636. The summed E-state index contributed by atoms with van der Waals surface area (Å²) < 4.78 is 5.50. The van der Waals surface area contributed by atoms with Crippen molar-refractivity contribution in [1.82, 2.24) is 9.80 Å². The van der Waals surface area contributed by atoms with Crippen molar-refractivity contribution in [2.75, 3.05) is 38.1 Å². The highest BCUT2D eigenvalue weighted by atomic mass is 16.5. The van der Waals surface area contributed by atoms with Gasteiger partial charge in [0.1, 0.15) is 6.10 Å². The number of rotatable bonds is 4. The minimum Gasteiger partial charge on any atom is -0.368 e. The summed E-state index contributed by atoms with van der Waals surface area (Å²) in [5.74, 6) is 0.857. The third-order valence-corrected chi connectivity index (χ3v) is 5.69. The van der Waals surface area contributed by atoms with Gasteiger partial charge in [-0.3, -0.25) is 4.79 Å². The molecule has 0 spiro atoms. The predicted octanol–water partition coefficient (Wildman–Crippen LogP) is 3.79. The van der Waals surface area contributed by atoms with E-state index in [1.54, 1.807) is 4.90 Å². The number of carbonyl (C=O) groups excluding carboxylic acids is 2. The van der Waals surface area contributed by atoms with Gasteiger partial charge in [-0.1, -0.05) is 39.8 Å². The average Bonchev–Trinajstić information content (AvgIpc) is 3.22. The Bertz CT molecular complexity index is 703. The number of nitrogens with one attached hydrogen (secondary N) is 1. The second kappa shape index (κ2) is 8.95. The van der Waals surface area contributed by atoms with Gasteiger partial charge in [-0.2, -0.15) is 0 Å². The van der Waals surface area contributed by atoms with Crippen molar-refractivity contribution < 1.29 is 14.3 Å². The van der Waals surface area contributed by atoms with Gasteiger partial charge in [0.25, 0.3) is 5.91 Å². The van der Waals surface area contributed by atoms with Crippen LogP contribution in [0, 0.1) is 0 Å². The predicted molar refractivity (Wildman–Crippen MR) is 111 cm³/mol. The highest BCUT2D eigenvalue weighted by molar-refractivity contribution is 5.90. The molecule has 1 aromatic rings. The second-order valence-corrected chi connectivity index (χ2v) is 8.40. The van der Waals surface area contributed by atoms with Crippen LogP contribution in [0.3, 0.4) is 0 Å². The van der Waals surface area contributed by atoms with E-state index in [4.69, 9.17) is 4.74 Å². The maximum absolute atomic E-state index is 12.8. The van der Waals surface area contributed by atoms with Crippen LogP contribution < -0.4 is 5.32 Å². The number of hydrogen-bond acceptors (Lipinski definition) is 3. The van der Waals surface area contributed by atoms with Gasteiger partial charge < -0.3 is 19.9 Å². The number of piperazine rings is 1. The summed E-state index contributed by atoms with van der Waals surface area (Å²) in [5.41, 5.74) is 3.32. The lowest BCUT2D eigenvalue weighted by molar-refractivity contribution is -0.142. The number of amides is 3. The molecule has 2 fully saturated rings. The van der Waals surface area contributed by atoms with Gasteiger partial charge >= 0.3 is 6.03 Å². The third-order valence-electron chi connectivity index (χ3n) is 5.69. The molecule has 2 aliphatic heterocycles. The van der Waals surface area contributed by atoms with Crippen LogP contribution in [0.2, 0.25) is 0 Å². The van der Waals surface area contributed by atoms with E-state index in [-0.39, 0.29) is 18.0 Å². The van der Waals surface area contributed by atoms with Crippen LogP contribution in [0.5, 0.6) is 0 Å². The van der Waals surface area contributed by atoms with E-state index in [1.807, 2.05) is 11.0 Å². The molecule has 0 saturated carbocycles. The Balaban J connectivity index is 1.59. The van der Waals surface area contributed by atoms with Crippen LogP contribution in [-0.2, 0) is 9.53 Å². The lowest BCUT2D eigenvalue weighted by Gasteiger charge is -2.35. The molecule has 2 heterocycles. The monoisotopic (exact) mass is 387 g/mol. The summed E-state index contributed by atoms with van der Waals surface area (Å²) in [6, 6.07) is 6.20. The Morgan fingerprint density at radius 1 is 1.04 bits per heavy atom. The molecule has 28 heavy (non-hydrogen) atoms.